The maximum Gasteiger partial charge on any atom is 0.330 e. The fourth-order valence-corrected chi connectivity index (χ4v) is 8.55. The maximum absolute atomic E-state index is 11.2. The molecule has 21 nitrogen and oxygen atoms in total. The van der Waals surface area contributed by atoms with Gasteiger partial charge < -0.3 is 52.5 Å². The number of carbonyl (C=O) groups is 10. The molecule has 0 saturated heterocycles. The highest BCUT2D eigenvalue weighted by atomic mass is 16.6. The fourth-order valence-electron chi connectivity index (χ4n) is 8.55. The zero-order valence-corrected chi connectivity index (χ0v) is 45.8. The first-order chi connectivity index (χ1) is 37.6. The molecule has 0 radical (unpaired) electrons. The lowest BCUT2D eigenvalue weighted by atomic mass is 9.76. The number of rotatable bonds is 34. The minimum Gasteiger partial charge on any atom is -0.466 e. The molecule has 0 aromatic rings. The number of hydrogen-bond acceptors (Lipinski definition) is 21. The number of aliphatic hydroxyl groups excluding tert-OH is 1. The van der Waals surface area contributed by atoms with Crippen molar-refractivity contribution in [1.29, 1.82) is 0 Å². The lowest BCUT2D eigenvalue weighted by Gasteiger charge is -2.31. The van der Waals surface area contributed by atoms with Crippen LogP contribution in [-0.2, 0) is 95.3 Å². The van der Waals surface area contributed by atoms with E-state index in [0.717, 1.165) is 92.0 Å². The summed E-state index contributed by atoms with van der Waals surface area (Å²) in [5.74, 6) is -1.19. The van der Waals surface area contributed by atoms with Crippen molar-refractivity contribution < 1.29 is 100 Å². The molecule has 0 amide bonds. The summed E-state index contributed by atoms with van der Waals surface area (Å²) in [4.78, 5) is 110. The second-order valence-corrected chi connectivity index (χ2v) is 18.5. The fraction of sp³-hybridized carbons (Fsp3) is 0.517. The summed E-state index contributed by atoms with van der Waals surface area (Å²) in [5, 5.41) is 9.48. The Hall–Kier alpha value is -7.68. The smallest absolute Gasteiger partial charge is 0.330 e. The average molecular weight is 1110 g/mol. The third-order valence-corrected chi connectivity index (χ3v) is 12.9. The molecule has 3 aliphatic rings. The quantitative estimate of drug-likeness (QED) is 0.0320. The Kier molecular flexibility index (Phi) is 36.6. The molecule has 3 saturated carbocycles. The standard InChI is InChI=1S/C17H24O4.C15H20O6.C14H18O7.C12H18O4/c1-3-17(19)21-9-13-6-12-7-15(13)16-5-11(4-14(12)16)8-20-10(2)18;1-5-12(16)19-9-15(8-4,10-20-13(17)6-2)11-21-14(18)7-3;1-4-11(16)19-8-14(7-15,9-20-12(17)5-2)10-21-13(18)6-3;1-3-11(13)15-9-7-5-6-8-10-16-12(14)4-2/h3,11-16H,1,4-9H2,2H3;5-7H,1-3,8-11H2,4H3;4-6,15H,1-3,7-10H2;3-4H,1-2,5-10H2. The van der Waals surface area contributed by atoms with Crippen molar-refractivity contribution in [2.24, 2.45) is 46.3 Å². The van der Waals surface area contributed by atoms with E-state index in [0.29, 0.717) is 50.6 Å². The van der Waals surface area contributed by atoms with Crippen LogP contribution in [0.1, 0.15) is 71.6 Å². The molecule has 1 N–H and O–H groups in total. The Bertz CT molecular complexity index is 1900. The van der Waals surface area contributed by atoms with Crippen molar-refractivity contribution in [2.75, 3.05) is 72.7 Å². The van der Waals surface area contributed by atoms with Crippen LogP contribution in [0.5, 0.6) is 0 Å². The molecule has 3 fully saturated rings. The van der Waals surface area contributed by atoms with Crippen molar-refractivity contribution in [3.8, 4) is 0 Å². The summed E-state index contributed by atoms with van der Waals surface area (Å²) in [6, 6.07) is 0. The Morgan fingerprint density at radius 1 is 0.405 bits per heavy atom. The lowest BCUT2D eigenvalue weighted by molar-refractivity contribution is -0.160. The molecule has 0 heterocycles. The minimum atomic E-state index is -1.28. The number of ether oxygens (including phenoxy) is 10. The molecule has 2 bridgehead atoms. The van der Waals surface area contributed by atoms with Gasteiger partial charge in [0.2, 0.25) is 0 Å². The van der Waals surface area contributed by atoms with Gasteiger partial charge in [-0.2, -0.15) is 0 Å². The molecule has 6 unspecified atom stereocenters. The second kappa shape index (κ2) is 40.5. The van der Waals surface area contributed by atoms with Crippen LogP contribution in [0, 0.1) is 46.3 Å². The van der Waals surface area contributed by atoms with Crippen molar-refractivity contribution in [2.45, 2.75) is 71.6 Å². The SMILES string of the molecule is C=CC(=O)OCC(CC)(COC(=O)C=C)COC(=O)C=C.C=CC(=O)OCC(CO)(COC(=O)C=C)COC(=O)C=C.C=CC(=O)OCC1CC2CC1C1CC(COC(C)=O)CC21.C=CC(=O)OCCCCCCOC(=O)C=C. The summed E-state index contributed by atoms with van der Waals surface area (Å²) in [6.45, 7) is 33.0. The van der Waals surface area contributed by atoms with E-state index >= 15 is 0 Å². The van der Waals surface area contributed by atoms with Crippen LogP contribution in [0.3, 0.4) is 0 Å². The van der Waals surface area contributed by atoms with Gasteiger partial charge in [-0.25, -0.2) is 43.2 Å². The summed E-state index contributed by atoms with van der Waals surface area (Å²) < 4.78 is 49.5. The van der Waals surface area contributed by atoms with Crippen LogP contribution in [0.2, 0.25) is 0 Å². The van der Waals surface area contributed by atoms with Crippen molar-refractivity contribution in [1.82, 2.24) is 0 Å². The lowest BCUT2D eigenvalue weighted by Crippen LogP contribution is -2.42. The summed E-state index contributed by atoms with van der Waals surface area (Å²) in [5.41, 5.74) is -2.12. The highest BCUT2D eigenvalue weighted by Crippen LogP contribution is 2.62. The number of aliphatic hydroxyl groups is 1. The van der Waals surface area contributed by atoms with E-state index in [4.69, 9.17) is 47.4 Å². The number of carbonyl (C=O) groups excluding carboxylic acids is 10. The molecule has 0 aromatic heterocycles. The van der Waals surface area contributed by atoms with Gasteiger partial charge in [0.1, 0.15) is 39.6 Å². The summed E-state index contributed by atoms with van der Waals surface area (Å²) >= 11 is 0. The van der Waals surface area contributed by atoms with Gasteiger partial charge in [-0.15, -0.1) is 0 Å². The van der Waals surface area contributed by atoms with E-state index < -0.39 is 53.3 Å². The van der Waals surface area contributed by atoms with Gasteiger partial charge in [-0.3, -0.25) is 4.79 Å². The minimum absolute atomic E-state index is 0.0802. The summed E-state index contributed by atoms with van der Waals surface area (Å²) in [6.07, 6.45) is 18.2. The predicted molar refractivity (Wildman–Crippen MR) is 287 cm³/mol. The molecular weight excluding hydrogens is 1030 g/mol. The molecule has 0 aliphatic heterocycles. The number of hydrogen-bond donors (Lipinski definition) is 1. The van der Waals surface area contributed by atoms with Crippen molar-refractivity contribution in [3.05, 3.63) is 114 Å². The van der Waals surface area contributed by atoms with E-state index in [1.54, 1.807) is 6.92 Å². The van der Waals surface area contributed by atoms with Crippen LogP contribution < -0.4 is 0 Å². The Balaban J connectivity index is 0.00000103. The third kappa shape index (κ3) is 29.6. The van der Waals surface area contributed by atoms with Gasteiger partial charge in [0.25, 0.3) is 0 Å². The highest BCUT2D eigenvalue weighted by Gasteiger charge is 2.56. The monoisotopic (exact) mass is 1110 g/mol. The third-order valence-electron chi connectivity index (χ3n) is 12.9. The van der Waals surface area contributed by atoms with E-state index in [1.165, 1.54) is 38.7 Å². The average Bonchev–Trinajstić information content (AvgIpc) is 4.27. The summed E-state index contributed by atoms with van der Waals surface area (Å²) in [7, 11) is 0. The van der Waals surface area contributed by atoms with Gasteiger partial charge in [0.15, 0.2) is 0 Å². The molecular formula is C58H80O21. The molecule has 21 heteroatoms. The normalized spacial score (nSPS) is 17.9. The Morgan fingerprint density at radius 2 is 0.734 bits per heavy atom. The first kappa shape index (κ1) is 71.3. The molecule has 3 rings (SSSR count). The first-order valence-corrected chi connectivity index (χ1v) is 25.5. The zero-order chi connectivity index (χ0) is 59.8. The van der Waals surface area contributed by atoms with E-state index in [-0.39, 0.29) is 63.5 Å². The predicted octanol–water partition coefficient (Wildman–Crippen LogP) is 6.31. The molecule has 79 heavy (non-hydrogen) atoms. The largest absolute Gasteiger partial charge is 0.466 e. The van der Waals surface area contributed by atoms with Crippen LogP contribution in [-0.4, -0.2) is 137 Å². The maximum atomic E-state index is 11.2. The van der Waals surface area contributed by atoms with Crippen LogP contribution in [0.15, 0.2) is 114 Å². The zero-order valence-electron chi connectivity index (χ0n) is 45.8. The van der Waals surface area contributed by atoms with Gasteiger partial charge in [0, 0.05) is 61.6 Å². The molecule has 0 spiro atoms. The first-order valence-electron chi connectivity index (χ1n) is 25.5. The molecule has 0 aromatic carbocycles. The Morgan fingerprint density at radius 3 is 1.06 bits per heavy atom. The Labute approximate surface area is 463 Å². The van der Waals surface area contributed by atoms with Crippen molar-refractivity contribution >= 4 is 59.7 Å². The molecule has 6 atom stereocenters. The van der Waals surface area contributed by atoms with Crippen LogP contribution in [0.4, 0.5) is 0 Å². The van der Waals surface area contributed by atoms with Gasteiger partial charge in [-0.1, -0.05) is 66.1 Å². The van der Waals surface area contributed by atoms with Gasteiger partial charge in [-0.05, 0) is 93.3 Å². The van der Waals surface area contributed by atoms with Crippen LogP contribution >= 0.6 is 0 Å². The van der Waals surface area contributed by atoms with E-state index in [1.807, 2.05) is 0 Å². The van der Waals surface area contributed by atoms with E-state index in [9.17, 15) is 53.1 Å². The van der Waals surface area contributed by atoms with Crippen LogP contribution in [0.25, 0.3) is 0 Å². The number of esters is 10. The van der Waals surface area contributed by atoms with Gasteiger partial charge in [0.05, 0.1) is 43.9 Å². The van der Waals surface area contributed by atoms with Gasteiger partial charge >= 0.3 is 59.7 Å². The molecule has 438 valence electrons. The van der Waals surface area contributed by atoms with Crippen molar-refractivity contribution in [3.63, 3.8) is 0 Å². The second-order valence-electron chi connectivity index (χ2n) is 18.5. The number of fused-ring (bicyclic) bond motifs is 5. The topological polar surface area (TPSA) is 283 Å². The highest BCUT2D eigenvalue weighted by molar-refractivity contribution is 5.84. The molecule has 3 aliphatic carbocycles. The van der Waals surface area contributed by atoms with E-state index in [2.05, 4.69) is 59.2 Å². The number of unbranched alkanes of at least 4 members (excludes halogenated alkanes) is 3.